The summed E-state index contributed by atoms with van der Waals surface area (Å²) in [6, 6.07) is 6.51. The second-order valence-corrected chi connectivity index (χ2v) is 4.15. The van der Waals surface area contributed by atoms with Crippen molar-refractivity contribution in [1.82, 2.24) is 0 Å². The molecule has 1 aromatic carbocycles. The summed E-state index contributed by atoms with van der Waals surface area (Å²) in [7, 11) is 0. The normalized spacial score (nSPS) is 14.9. The van der Waals surface area contributed by atoms with Crippen LogP contribution in [-0.4, -0.2) is 5.88 Å². The predicted octanol–water partition coefficient (Wildman–Crippen LogP) is 3.82. The minimum atomic E-state index is 0.538. The first kappa shape index (κ1) is 9.79. The molecule has 0 aromatic heterocycles. The molecule has 74 valence electrons. The van der Waals surface area contributed by atoms with Crippen LogP contribution in [0.25, 0.3) is 5.57 Å². The summed E-state index contributed by atoms with van der Waals surface area (Å²) in [5.74, 6) is 0.538. The fourth-order valence-electron chi connectivity index (χ4n) is 2.18. The van der Waals surface area contributed by atoms with Gasteiger partial charge in [-0.15, -0.1) is 11.6 Å². The number of alkyl halides is 1. The fourth-order valence-corrected chi connectivity index (χ4v) is 2.33. The van der Waals surface area contributed by atoms with Crippen LogP contribution in [-0.2, 0) is 12.8 Å². The van der Waals surface area contributed by atoms with Crippen LogP contribution >= 0.6 is 11.6 Å². The lowest BCUT2D eigenvalue weighted by molar-refractivity contribution is 0.684. The predicted molar refractivity (Wildman–Crippen MR) is 62.8 cm³/mol. The highest BCUT2D eigenvalue weighted by molar-refractivity contribution is 6.23. The summed E-state index contributed by atoms with van der Waals surface area (Å²) < 4.78 is 0. The van der Waals surface area contributed by atoms with E-state index >= 15 is 0 Å². The number of aryl methyl sites for hydroxylation is 1. The van der Waals surface area contributed by atoms with E-state index in [0.717, 1.165) is 5.57 Å². The van der Waals surface area contributed by atoms with E-state index in [4.69, 9.17) is 11.6 Å². The van der Waals surface area contributed by atoms with Crippen molar-refractivity contribution in [2.75, 3.05) is 5.88 Å². The molecule has 1 heteroatoms. The molecule has 1 aromatic rings. The van der Waals surface area contributed by atoms with Gasteiger partial charge in [0.25, 0.3) is 0 Å². The minimum absolute atomic E-state index is 0.538. The molecule has 0 N–H and O–H groups in total. The molecule has 1 aliphatic rings. The molecule has 0 unspecified atom stereocenters. The van der Waals surface area contributed by atoms with Crippen molar-refractivity contribution in [3.8, 4) is 0 Å². The van der Waals surface area contributed by atoms with E-state index < -0.39 is 0 Å². The van der Waals surface area contributed by atoms with Gasteiger partial charge in [0.15, 0.2) is 0 Å². The van der Waals surface area contributed by atoms with Crippen LogP contribution in [0.15, 0.2) is 24.8 Å². The summed E-state index contributed by atoms with van der Waals surface area (Å²) in [5.41, 5.74) is 5.34. The Morgan fingerprint density at radius 3 is 2.86 bits per heavy atom. The van der Waals surface area contributed by atoms with Crippen molar-refractivity contribution >= 4 is 17.2 Å². The third-order valence-electron chi connectivity index (χ3n) is 2.94. The van der Waals surface area contributed by atoms with Crippen LogP contribution in [0.2, 0.25) is 0 Å². The molecular weight excluding hydrogens is 192 g/mol. The molecule has 0 atom stereocenters. The Labute approximate surface area is 90.6 Å². The van der Waals surface area contributed by atoms with Crippen molar-refractivity contribution in [2.45, 2.75) is 25.7 Å². The average molecular weight is 207 g/mol. The highest BCUT2D eigenvalue weighted by atomic mass is 35.5. The van der Waals surface area contributed by atoms with Crippen LogP contribution in [0.1, 0.15) is 29.5 Å². The van der Waals surface area contributed by atoms with Crippen molar-refractivity contribution in [1.29, 1.82) is 0 Å². The minimum Gasteiger partial charge on any atom is -0.122 e. The number of hydrogen-bond acceptors (Lipinski definition) is 0. The molecule has 2 rings (SSSR count). The summed E-state index contributed by atoms with van der Waals surface area (Å²) in [6.07, 6.45) is 5.05. The van der Waals surface area contributed by atoms with E-state index in [-0.39, 0.29) is 0 Å². The molecule has 0 fully saturated rings. The summed E-state index contributed by atoms with van der Waals surface area (Å²) in [4.78, 5) is 0. The van der Waals surface area contributed by atoms with E-state index in [1.54, 1.807) is 0 Å². The van der Waals surface area contributed by atoms with Crippen LogP contribution in [0.4, 0.5) is 0 Å². The number of rotatable bonds is 2. The standard InChI is InChI=1S/C13H15Cl/c1-10(9-14)12-8-4-6-11-5-2-3-7-13(11)12/h4,6,8H,1-3,5,7,9H2. The second kappa shape index (κ2) is 4.18. The Hall–Kier alpha value is -0.750. The van der Waals surface area contributed by atoms with Gasteiger partial charge in [-0.05, 0) is 47.9 Å². The second-order valence-electron chi connectivity index (χ2n) is 3.89. The quantitative estimate of drug-likeness (QED) is 0.646. The first-order chi connectivity index (χ1) is 6.83. The first-order valence-corrected chi connectivity index (χ1v) is 5.71. The lowest BCUT2D eigenvalue weighted by Crippen LogP contribution is -2.05. The molecule has 0 nitrogen and oxygen atoms in total. The Morgan fingerprint density at radius 2 is 2.07 bits per heavy atom. The smallest absolute Gasteiger partial charge is 0.0474 e. The molecule has 0 heterocycles. The summed E-state index contributed by atoms with van der Waals surface area (Å²) in [5, 5.41) is 0. The van der Waals surface area contributed by atoms with Crippen molar-refractivity contribution in [3.05, 3.63) is 41.5 Å². The summed E-state index contributed by atoms with van der Waals surface area (Å²) >= 11 is 5.83. The zero-order chi connectivity index (χ0) is 9.97. The van der Waals surface area contributed by atoms with E-state index in [2.05, 4.69) is 24.8 Å². The van der Waals surface area contributed by atoms with Crippen molar-refractivity contribution < 1.29 is 0 Å². The van der Waals surface area contributed by atoms with Crippen molar-refractivity contribution in [3.63, 3.8) is 0 Å². The van der Waals surface area contributed by atoms with E-state index in [1.807, 2.05) is 0 Å². The SMILES string of the molecule is C=C(CCl)c1cccc2c1CCCC2. The molecule has 0 amide bonds. The molecule has 0 saturated carbocycles. The third-order valence-corrected chi connectivity index (χ3v) is 3.26. The van der Waals surface area contributed by atoms with Gasteiger partial charge in [0.05, 0.1) is 0 Å². The Kier molecular flexibility index (Phi) is 2.93. The maximum absolute atomic E-state index is 5.83. The fraction of sp³-hybridized carbons (Fsp3) is 0.385. The van der Waals surface area contributed by atoms with Gasteiger partial charge in [0.1, 0.15) is 0 Å². The number of benzene rings is 1. The van der Waals surface area contributed by atoms with Crippen LogP contribution < -0.4 is 0 Å². The maximum Gasteiger partial charge on any atom is 0.0474 e. The lowest BCUT2D eigenvalue weighted by atomic mass is 9.86. The van der Waals surface area contributed by atoms with Gasteiger partial charge in [0.2, 0.25) is 0 Å². The van der Waals surface area contributed by atoms with Gasteiger partial charge in [-0.25, -0.2) is 0 Å². The number of halogens is 1. The van der Waals surface area contributed by atoms with E-state index in [9.17, 15) is 0 Å². The topological polar surface area (TPSA) is 0 Å². The molecule has 0 bridgehead atoms. The molecule has 0 saturated heterocycles. The van der Waals surface area contributed by atoms with Crippen LogP contribution in [0.5, 0.6) is 0 Å². The van der Waals surface area contributed by atoms with Gasteiger partial charge in [-0.2, -0.15) is 0 Å². The number of allylic oxidation sites excluding steroid dienone is 1. The van der Waals surface area contributed by atoms with Gasteiger partial charge in [-0.3, -0.25) is 0 Å². The van der Waals surface area contributed by atoms with Crippen molar-refractivity contribution in [2.24, 2.45) is 0 Å². The molecular formula is C13H15Cl. The van der Waals surface area contributed by atoms with E-state index in [1.165, 1.54) is 42.4 Å². The highest BCUT2D eigenvalue weighted by Gasteiger charge is 2.13. The van der Waals surface area contributed by atoms with Gasteiger partial charge in [0, 0.05) is 5.88 Å². The molecule has 0 radical (unpaired) electrons. The Balaban J connectivity index is 2.45. The molecule has 0 aliphatic heterocycles. The Bertz CT molecular complexity index is 352. The zero-order valence-corrected chi connectivity index (χ0v) is 9.11. The lowest BCUT2D eigenvalue weighted by Gasteiger charge is -2.19. The maximum atomic E-state index is 5.83. The van der Waals surface area contributed by atoms with Gasteiger partial charge in [-0.1, -0.05) is 24.8 Å². The monoisotopic (exact) mass is 206 g/mol. The molecule has 0 spiro atoms. The van der Waals surface area contributed by atoms with Crippen LogP contribution in [0.3, 0.4) is 0 Å². The first-order valence-electron chi connectivity index (χ1n) is 5.18. The third kappa shape index (κ3) is 1.72. The highest BCUT2D eigenvalue weighted by Crippen LogP contribution is 2.28. The van der Waals surface area contributed by atoms with Gasteiger partial charge >= 0.3 is 0 Å². The van der Waals surface area contributed by atoms with Crippen LogP contribution in [0, 0.1) is 0 Å². The average Bonchev–Trinajstić information content (AvgIpc) is 2.27. The van der Waals surface area contributed by atoms with E-state index in [0.29, 0.717) is 5.88 Å². The number of fused-ring (bicyclic) bond motifs is 1. The van der Waals surface area contributed by atoms with Gasteiger partial charge < -0.3 is 0 Å². The molecule has 14 heavy (non-hydrogen) atoms. The number of hydrogen-bond donors (Lipinski definition) is 0. The Morgan fingerprint density at radius 1 is 1.29 bits per heavy atom. The largest absolute Gasteiger partial charge is 0.122 e. The zero-order valence-electron chi connectivity index (χ0n) is 8.35. The summed E-state index contributed by atoms with van der Waals surface area (Å²) in [6.45, 7) is 4.02. The molecule has 1 aliphatic carbocycles.